The van der Waals surface area contributed by atoms with Gasteiger partial charge in [0.05, 0.1) is 0 Å². The lowest BCUT2D eigenvalue weighted by Gasteiger charge is -2.27. The summed E-state index contributed by atoms with van der Waals surface area (Å²) in [7, 11) is 1.82. The summed E-state index contributed by atoms with van der Waals surface area (Å²) in [5.41, 5.74) is 2.97. The number of carbonyl (C=O) groups excluding carboxylic acids is 2. The normalized spacial score (nSPS) is 30.6. The number of anilines is 1. The van der Waals surface area contributed by atoms with Gasteiger partial charge in [-0.3, -0.25) is 9.59 Å². The number of ketones is 1. The third-order valence-electron chi connectivity index (χ3n) is 5.78. The number of carbonyl (C=O) groups is 2. The zero-order chi connectivity index (χ0) is 14.6. The van der Waals surface area contributed by atoms with Gasteiger partial charge in [-0.1, -0.05) is 6.42 Å². The Morgan fingerprint density at radius 3 is 2.76 bits per heavy atom. The predicted octanol–water partition coefficient (Wildman–Crippen LogP) is 3.21. The van der Waals surface area contributed by atoms with E-state index in [2.05, 4.69) is 0 Å². The Kier molecular flexibility index (Phi) is 2.91. The van der Waals surface area contributed by atoms with E-state index in [9.17, 15) is 9.59 Å². The standard InChI is InChI=1S/C18H21NO2/c1-19-16-6-4-14(10-13(16)5-7-17(19)20)18(21)15-9-11-2-3-12(15)8-11/h4,6,10-12,15H,2-3,5,7-9H2,1H3. The summed E-state index contributed by atoms with van der Waals surface area (Å²) >= 11 is 0. The van der Waals surface area contributed by atoms with Gasteiger partial charge >= 0.3 is 0 Å². The minimum absolute atomic E-state index is 0.162. The highest BCUT2D eigenvalue weighted by molar-refractivity contribution is 6.01. The zero-order valence-corrected chi connectivity index (χ0v) is 12.5. The number of aryl methyl sites for hydroxylation is 1. The van der Waals surface area contributed by atoms with Gasteiger partial charge in [0, 0.05) is 30.6 Å². The van der Waals surface area contributed by atoms with Crippen LogP contribution < -0.4 is 4.90 Å². The molecular weight excluding hydrogens is 262 g/mol. The minimum Gasteiger partial charge on any atom is -0.315 e. The van der Waals surface area contributed by atoms with E-state index in [1.54, 1.807) is 4.90 Å². The molecule has 2 saturated carbocycles. The molecule has 3 atom stereocenters. The SMILES string of the molecule is CN1C(=O)CCc2cc(C(=O)C3CC4CCC3C4)ccc21. The molecule has 2 bridgehead atoms. The average molecular weight is 283 g/mol. The molecule has 4 rings (SSSR count). The van der Waals surface area contributed by atoms with E-state index in [1.807, 2.05) is 25.2 Å². The van der Waals surface area contributed by atoms with Crippen molar-refractivity contribution in [3.63, 3.8) is 0 Å². The van der Waals surface area contributed by atoms with Gasteiger partial charge in [0.2, 0.25) is 5.91 Å². The fourth-order valence-corrected chi connectivity index (χ4v) is 4.59. The van der Waals surface area contributed by atoms with Gasteiger partial charge in [0.1, 0.15) is 0 Å². The number of hydrogen-bond acceptors (Lipinski definition) is 2. The number of nitrogens with zero attached hydrogens (tertiary/aromatic N) is 1. The fourth-order valence-electron chi connectivity index (χ4n) is 4.59. The van der Waals surface area contributed by atoms with E-state index in [1.165, 1.54) is 19.3 Å². The topological polar surface area (TPSA) is 37.4 Å². The Balaban J connectivity index is 1.62. The Morgan fingerprint density at radius 1 is 1.19 bits per heavy atom. The Bertz CT molecular complexity index is 622. The van der Waals surface area contributed by atoms with Gasteiger partial charge in [-0.15, -0.1) is 0 Å². The van der Waals surface area contributed by atoms with Crippen LogP contribution in [0, 0.1) is 17.8 Å². The smallest absolute Gasteiger partial charge is 0.227 e. The largest absolute Gasteiger partial charge is 0.315 e. The molecule has 0 radical (unpaired) electrons. The van der Waals surface area contributed by atoms with Crippen LogP contribution in [-0.2, 0) is 11.2 Å². The van der Waals surface area contributed by atoms with Crippen molar-refractivity contribution in [2.45, 2.75) is 38.5 Å². The molecule has 3 unspecified atom stereocenters. The molecule has 1 amide bonds. The molecule has 21 heavy (non-hydrogen) atoms. The molecule has 1 aromatic carbocycles. The molecular formula is C18H21NO2. The van der Waals surface area contributed by atoms with Gasteiger partial charge in [0.15, 0.2) is 5.78 Å². The first-order chi connectivity index (χ1) is 10.1. The van der Waals surface area contributed by atoms with Crippen molar-refractivity contribution >= 4 is 17.4 Å². The number of hydrogen-bond donors (Lipinski definition) is 0. The molecule has 3 nitrogen and oxygen atoms in total. The monoisotopic (exact) mass is 283 g/mol. The van der Waals surface area contributed by atoms with Crippen LogP contribution in [0.15, 0.2) is 18.2 Å². The molecule has 0 saturated heterocycles. The van der Waals surface area contributed by atoms with Crippen LogP contribution in [0.25, 0.3) is 0 Å². The second-order valence-electron chi connectivity index (χ2n) is 6.94. The van der Waals surface area contributed by atoms with Crippen molar-refractivity contribution in [1.29, 1.82) is 0 Å². The molecule has 0 N–H and O–H groups in total. The maximum Gasteiger partial charge on any atom is 0.227 e. The van der Waals surface area contributed by atoms with E-state index >= 15 is 0 Å². The first-order valence-corrected chi connectivity index (χ1v) is 8.07. The van der Waals surface area contributed by atoms with Gasteiger partial charge in [-0.25, -0.2) is 0 Å². The summed E-state index contributed by atoms with van der Waals surface area (Å²) in [5, 5.41) is 0. The number of amides is 1. The highest BCUT2D eigenvalue weighted by atomic mass is 16.2. The highest BCUT2D eigenvalue weighted by Crippen LogP contribution is 2.49. The van der Waals surface area contributed by atoms with Crippen molar-refractivity contribution in [2.24, 2.45) is 17.8 Å². The lowest BCUT2D eigenvalue weighted by Crippen LogP contribution is -2.31. The summed E-state index contributed by atoms with van der Waals surface area (Å²) in [6, 6.07) is 5.90. The van der Waals surface area contributed by atoms with Crippen LogP contribution >= 0.6 is 0 Å². The lowest BCUT2D eigenvalue weighted by atomic mass is 9.82. The minimum atomic E-state index is 0.162. The number of Topliss-reactive ketones (excluding diaryl/α,β-unsaturated/α-hetero) is 1. The van der Waals surface area contributed by atoms with Crippen molar-refractivity contribution < 1.29 is 9.59 Å². The summed E-state index contributed by atoms with van der Waals surface area (Å²) < 4.78 is 0. The van der Waals surface area contributed by atoms with Crippen molar-refractivity contribution in [3.05, 3.63) is 29.3 Å². The molecule has 3 heteroatoms. The predicted molar refractivity (Wildman–Crippen MR) is 81.4 cm³/mol. The average Bonchev–Trinajstić information content (AvgIpc) is 3.13. The van der Waals surface area contributed by atoms with Gasteiger partial charge < -0.3 is 4.90 Å². The Hall–Kier alpha value is -1.64. The van der Waals surface area contributed by atoms with Crippen LogP contribution in [0.2, 0.25) is 0 Å². The van der Waals surface area contributed by atoms with Crippen LogP contribution in [0.5, 0.6) is 0 Å². The molecule has 1 heterocycles. The van der Waals surface area contributed by atoms with E-state index in [0.717, 1.165) is 35.6 Å². The molecule has 1 aromatic rings. The first-order valence-electron chi connectivity index (χ1n) is 8.07. The first kappa shape index (κ1) is 13.1. The van der Waals surface area contributed by atoms with E-state index in [4.69, 9.17) is 0 Å². The zero-order valence-electron chi connectivity index (χ0n) is 12.5. The third-order valence-corrected chi connectivity index (χ3v) is 5.78. The fraction of sp³-hybridized carbons (Fsp3) is 0.556. The summed E-state index contributed by atoms with van der Waals surface area (Å²) in [5.74, 6) is 2.18. The van der Waals surface area contributed by atoms with E-state index in [-0.39, 0.29) is 11.8 Å². The van der Waals surface area contributed by atoms with Gasteiger partial charge in [-0.2, -0.15) is 0 Å². The van der Waals surface area contributed by atoms with Gasteiger partial charge in [-0.05, 0) is 61.3 Å². The summed E-state index contributed by atoms with van der Waals surface area (Å²) in [4.78, 5) is 26.2. The van der Waals surface area contributed by atoms with Crippen molar-refractivity contribution in [3.8, 4) is 0 Å². The molecule has 0 aromatic heterocycles. The summed E-state index contributed by atoms with van der Waals surface area (Å²) in [6.07, 6.45) is 6.23. The number of benzene rings is 1. The highest BCUT2D eigenvalue weighted by Gasteiger charge is 2.43. The molecule has 3 aliphatic rings. The van der Waals surface area contributed by atoms with E-state index in [0.29, 0.717) is 18.1 Å². The number of rotatable bonds is 2. The van der Waals surface area contributed by atoms with Gasteiger partial charge in [0.25, 0.3) is 0 Å². The molecule has 2 aliphatic carbocycles. The molecule has 1 aliphatic heterocycles. The second kappa shape index (κ2) is 4.69. The van der Waals surface area contributed by atoms with Crippen LogP contribution in [0.1, 0.15) is 48.0 Å². The molecule has 2 fully saturated rings. The van der Waals surface area contributed by atoms with Crippen LogP contribution in [0.3, 0.4) is 0 Å². The second-order valence-corrected chi connectivity index (χ2v) is 6.94. The molecule has 0 spiro atoms. The maximum absolute atomic E-state index is 12.8. The van der Waals surface area contributed by atoms with Crippen LogP contribution in [0.4, 0.5) is 5.69 Å². The quantitative estimate of drug-likeness (QED) is 0.782. The Morgan fingerprint density at radius 2 is 2.05 bits per heavy atom. The van der Waals surface area contributed by atoms with Crippen molar-refractivity contribution in [2.75, 3.05) is 11.9 Å². The maximum atomic E-state index is 12.8. The Labute approximate surface area is 125 Å². The number of fused-ring (bicyclic) bond motifs is 3. The third kappa shape index (κ3) is 2.02. The lowest BCUT2D eigenvalue weighted by molar-refractivity contribution is -0.118. The molecule has 110 valence electrons. The van der Waals surface area contributed by atoms with Crippen LogP contribution in [-0.4, -0.2) is 18.7 Å². The van der Waals surface area contributed by atoms with Crippen molar-refractivity contribution in [1.82, 2.24) is 0 Å². The summed E-state index contributed by atoms with van der Waals surface area (Å²) in [6.45, 7) is 0. The van der Waals surface area contributed by atoms with E-state index < -0.39 is 0 Å².